The molecule has 1 aromatic heterocycles. The van der Waals surface area contributed by atoms with E-state index in [1.807, 2.05) is 31.1 Å². The Hall–Kier alpha value is -2.51. The molecular formula is C30H34N2O4. The summed E-state index contributed by atoms with van der Waals surface area (Å²) in [6, 6.07) is 8.00. The number of rotatable bonds is 2. The van der Waals surface area contributed by atoms with Crippen LogP contribution in [0, 0.1) is 11.3 Å². The molecule has 7 unspecified atom stereocenters. The molecule has 7 atom stereocenters. The second-order valence-corrected chi connectivity index (χ2v) is 12.1. The zero-order valence-electron chi connectivity index (χ0n) is 21.1. The van der Waals surface area contributed by atoms with Crippen LogP contribution >= 0.6 is 0 Å². The number of aromatic nitrogens is 1. The van der Waals surface area contributed by atoms with Gasteiger partial charge in [0.25, 0.3) is 5.56 Å². The number of ether oxygens (including phenoxy) is 1. The number of aliphatic hydroxyl groups excluding tert-OH is 2. The van der Waals surface area contributed by atoms with Crippen LogP contribution in [0.15, 0.2) is 64.6 Å². The summed E-state index contributed by atoms with van der Waals surface area (Å²) in [5.41, 5.74) is 3.53. The molecule has 2 aliphatic heterocycles. The molecule has 36 heavy (non-hydrogen) atoms. The van der Waals surface area contributed by atoms with Gasteiger partial charge in [-0.2, -0.15) is 0 Å². The number of allylic oxidation sites excluding steroid dienone is 3. The molecule has 2 fully saturated rings. The number of nitrogens with zero attached hydrogens (tertiary/aromatic N) is 1. The number of fused-ring (bicyclic) bond motifs is 2. The Balaban J connectivity index is 1.30. The largest absolute Gasteiger partial charge is 0.388 e. The number of H-pyrrole nitrogens is 1. The average molecular weight is 487 g/mol. The van der Waals surface area contributed by atoms with Crippen molar-refractivity contribution in [3.8, 4) is 0 Å². The Morgan fingerprint density at radius 3 is 2.78 bits per heavy atom. The molecule has 3 N–H and O–H groups in total. The van der Waals surface area contributed by atoms with E-state index in [0.29, 0.717) is 17.7 Å². The van der Waals surface area contributed by atoms with Crippen molar-refractivity contribution in [2.75, 3.05) is 14.1 Å². The maximum Gasteiger partial charge on any atom is 0.255 e. The highest BCUT2D eigenvalue weighted by atomic mass is 16.5. The monoisotopic (exact) mass is 486 g/mol. The van der Waals surface area contributed by atoms with E-state index in [4.69, 9.17) is 4.74 Å². The molecule has 7 rings (SSSR count). The van der Waals surface area contributed by atoms with E-state index in [2.05, 4.69) is 42.3 Å². The van der Waals surface area contributed by atoms with Crippen molar-refractivity contribution in [2.45, 2.75) is 68.5 Å². The van der Waals surface area contributed by atoms with Crippen molar-refractivity contribution < 1.29 is 14.9 Å². The van der Waals surface area contributed by atoms with E-state index >= 15 is 0 Å². The van der Waals surface area contributed by atoms with Gasteiger partial charge in [-0.15, -0.1) is 0 Å². The Labute approximate surface area is 211 Å². The summed E-state index contributed by atoms with van der Waals surface area (Å²) in [5.74, 6) is 0.300. The molecule has 6 heteroatoms. The number of nitrogens with one attached hydrogen (secondary N) is 1. The van der Waals surface area contributed by atoms with Gasteiger partial charge in [0, 0.05) is 29.0 Å². The minimum Gasteiger partial charge on any atom is -0.388 e. The lowest BCUT2D eigenvalue weighted by molar-refractivity contribution is -0.161. The second kappa shape index (κ2) is 7.29. The summed E-state index contributed by atoms with van der Waals surface area (Å²) in [6.07, 6.45) is 11.2. The van der Waals surface area contributed by atoms with Crippen molar-refractivity contribution in [1.82, 2.24) is 9.88 Å². The van der Waals surface area contributed by atoms with Crippen molar-refractivity contribution in [3.05, 3.63) is 75.8 Å². The molecule has 3 aliphatic carbocycles. The molecule has 1 saturated carbocycles. The predicted octanol–water partition coefficient (Wildman–Crippen LogP) is 3.55. The lowest BCUT2D eigenvalue weighted by Gasteiger charge is -2.55. The van der Waals surface area contributed by atoms with Gasteiger partial charge in [0.15, 0.2) is 0 Å². The summed E-state index contributed by atoms with van der Waals surface area (Å²) in [4.78, 5) is 17.0. The third-order valence-corrected chi connectivity index (χ3v) is 10.2. The molecule has 1 saturated heterocycles. The summed E-state index contributed by atoms with van der Waals surface area (Å²) < 4.78 is 7.22. The van der Waals surface area contributed by atoms with Gasteiger partial charge < -0.3 is 24.8 Å². The van der Waals surface area contributed by atoms with Crippen LogP contribution in [-0.2, 0) is 4.74 Å². The number of aliphatic hydroxyl groups is 2. The Morgan fingerprint density at radius 1 is 1.14 bits per heavy atom. The van der Waals surface area contributed by atoms with Crippen LogP contribution in [0.3, 0.4) is 0 Å². The highest BCUT2D eigenvalue weighted by Gasteiger charge is 2.67. The molecule has 188 valence electrons. The van der Waals surface area contributed by atoms with E-state index in [-0.39, 0.29) is 22.6 Å². The zero-order chi connectivity index (χ0) is 25.0. The lowest BCUT2D eigenvalue weighted by Crippen LogP contribution is -2.61. The fraction of sp³-hybridized carbons (Fsp3) is 0.500. The van der Waals surface area contributed by atoms with Crippen LogP contribution in [0.5, 0.6) is 0 Å². The molecule has 3 heterocycles. The Morgan fingerprint density at radius 2 is 1.97 bits per heavy atom. The van der Waals surface area contributed by atoms with Gasteiger partial charge in [0.1, 0.15) is 6.10 Å². The van der Waals surface area contributed by atoms with Gasteiger partial charge in [-0.05, 0) is 92.1 Å². The highest BCUT2D eigenvalue weighted by molar-refractivity contribution is 5.87. The number of hydrogen-bond acceptors (Lipinski definition) is 5. The number of aromatic amines is 1. The Bertz CT molecular complexity index is 1440. The van der Waals surface area contributed by atoms with Crippen LogP contribution in [0.25, 0.3) is 16.3 Å². The smallest absolute Gasteiger partial charge is 0.255 e. The number of pyridine rings is 1. The molecule has 0 radical (unpaired) electrons. The van der Waals surface area contributed by atoms with E-state index in [9.17, 15) is 15.0 Å². The van der Waals surface area contributed by atoms with E-state index in [1.54, 1.807) is 6.20 Å². The van der Waals surface area contributed by atoms with Crippen LogP contribution in [0.4, 0.5) is 0 Å². The van der Waals surface area contributed by atoms with Gasteiger partial charge in [-0.1, -0.05) is 31.2 Å². The fourth-order valence-electron chi connectivity index (χ4n) is 8.31. The highest BCUT2D eigenvalue weighted by Crippen LogP contribution is 2.67. The molecular weight excluding hydrogens is 452 g/mol. The van der Waals surface area contributed by atoms with Crippen molar-refractivity contribution >= 4 is 16.3 Å². The van der Waals surface area contributed by atoms with Crippen LogP contribution in [-0.4, -0.2) is 63.6 Å². The van der Waals surface area contributed by atoms with Crippen molar-refractivity contribution in [1.29, 1.82) is 0 Å². The third kappa shape index (κ3) is 2.73. The van der Waals surface area contributed by atoms with Gasteiger partial charge in [0.2, 0.25) is 0 Å². The SMILES string of the molecule is CN(C)C1CC23CCC4(O2)C(=CCC2(C)C(c5ccc6c(=O)[nH]ccc6c5)=CCC24)C=C3C(O)C1O. The standard InChI is InChI=1S/C30H34N2O4/c1-28-10-8-19-15-22-25(33)26(34)23(32(2)3)16-29(22)11-12-30(19,36-29)24(28)7-6-21(28)18-4-5-20-17(14-18)9-13-31-27(20)35/h4-6,8-9,13-15,23-26,33-34H,7,10-12,16H2,1-3H3,(H,31,35). The maximum absolute atomic E-state index is 12.2. The van der Waals surface area contributed by atoms with Gasteiger partial charge in [0.05, 0.1) is 17.3 Å². The number of benzene rings is 1. The van der Waals surface area contributed by atoms with E-state index in [1.165, 1.54) is 16.7 Å². The topological polar surface area (TPSA) is 85.8 Å². The molecule has 2 spiro atoms. The summed E-state index contributed by atoms with van der Waals surface area (Å²) >= 11 is 0. The molecule has 2 aromatic rings. The average Bonchev–Trinajstić information content (AvgIpc) is 3.37. The van der Waals surface area contributed by atoms with Gasteiger partial charge in [-0.25, -0.2) is 0 Å². The zero-order valence-corrected chi connectivity index (χ0v) is 21.1. The van der Waals surface area contributed by atoms with Gasteiger partial charge in [-0.3, -0.25) is 4.79 Å². The summed E-state index contributed by atoms with van der Waals surface area (Å²) in [6.45, 7) is 2.37. The minimum absolute atomic E-state index is 0.0575. The molecule has 6 nitrogen and oxygen atoms in total. The number of likely N-dealkylation sites (N-methyl/N-ethyl adjacent to an activating group) is 1. The van der Waals surface area contributed by atoms with Crippen molar-refractivity contribution in [3.63, 3.8) is 0 Å². The quantitative estimate of drug-likeness (QED) is 0.605. The maximum atomic E-state index is 12.2. The number of hydrogen-bond donors (Lipinski definition) is 3. The lowest BCUT2D eigenvalue weighted by atomic mass is 9.58. The predicted molar refractivity (Wildman–Crippen MR) is 139 cm³/mol. The van der Waals surface area contributed by atoms with Crippen LogP contribution in [0.1, 0.15) is 44.6 Å². The fourth-order valence-corrected chi connectivity index (χ4v) is 8.31. The van der Waals surface area contributed by atoms with Crippen LogP contribution in [0.2, 0.25) is 0 Å². The van der Waals surface area contributed by atoms with E-state index < -0.39 is 17.8 Å². The first-order chi connectivity index (χ1) is 17.2. The third-order valence-electron chi connectivity index (χ3n) is 10.2. The molecule has 5 aliphatic rings. The normalized spacial score (nSPS) is 40.9. The first-order valence-corrected chi connectivity index (χ1v) is 13.2. The van der Waals surface area contributed by atoms with Crippen molar-refractivity contribution in [2.24, 2.45) is 11.3 Å². The minimum atomic E-state index is -0.908. The first kappa shape index (κ1) is 22.7. The molecule has 0 amide bonds. The second-order valence-electron chi connectivity index (χ2n) is 12.1. The Kier molecular flexibility index (Phi) is 4.59. The molecule has 2 bridgehead atoms. The van der Waals surface area contributed by atoms with Gasteiger partial charge >= 0.3 is 0 Å². The first-order valence-electron chi connectivity index (χ1n) is 13.2. The molecule has 1 aromatic carbocycles. The summed E-state index contributed by atoms with van der Waals surface area (Å²) in [5, 5.41) is 23.7. The van der Waals surface area contributed by atoms with E-state index in [0.717, 1.165) is 36.6 Å². The van der Waals surface area contributed by atoms with Crippen LogP contribution < -0.4 is 5.56 Å². The summed E-state index contributed by atoms with van der Waals surface area (Å²) in [7, 11) is 3.93.